The molecule has 1 aromatic carbocycles. The largest absolute Gasteiger partial charge is 0.502 e. The first-order chi connectivity index (χ1) is 8.10. The average Bonchev–Trinajstić information content (AvgIpc) is 2.32. The van der Waals surface area contributed by atoms with Crippen LogP contribution in [0.2, 0.25) is 0 Å². The SMILES string of the molecule is COc1c(O)c(O)c(OC)c2oc(=O)ccc12. The zero-order valence-corrected chi connectivity index (χ0v) is 9.18. The molecule has 2 aromatic rings. The standard InChI is InChI=1S/C11H10O6/c1-15-9-5-3-4-6(12)17-10(5)11(16-2)8(14)7(9)13/h3-4,13-14H,1-2H3. The second-order valence-corrected chi connectivity index (χ2v) is 3.26. The Balaban J connectivity index is 3.02. The molecule has 1 aromatic heterocycles. The third-order valence-electron chi connectivity index (χ3n) is 2.35. The maximum absolute atomic E-state index is 11.1. The molecule has 0 radical (unpaired) electrons. The number of hydrogen-bond acceptors (Lipinski definition) is 6. The minimum Gasteiger partial charge on any atom is -0.502 e. The van der Waals surface area contributed by atoms with Crippen molar-refractivity contribution in [1.29, 1.82) is 0 Å². The van der Waals surface area contributed by atoms with Crippen molar-refractivity contribution in [3.05, 3.63) is 22.6 Å². The summed E-state index contributed by atoms with van der Waals surface area (Å²) in [7, 11) is 2.61. The lowest BCUT2D eigenvalue weighted by Crippen LogP contribution is -1.98. The summed E-state index contributed by atoms with van der Waals surface area (Å²) in [6, 6.07) is 2.60. The highest BCUT2D eigenvalue weighted by Crippen LogP contribution is 2.48. The number of benzene rings is 1. The molecule has 0 aliphatic carbocycles. The minimum absolute atomic E-state index is 0.0158. The van der Waals surface area contributed by atoms with Gasteiger partial charge in [-0.3, -0.25) is 0 Å². The van der Waals surface area contributed by atoms with Crippen LogP contribution in [0.1, 0.15) is 0 Å². The van der Waals surface area contributed by atoms with Gasteiger partial charge in [0, 0.05) is 6.07 Å². The monoisotopic (exact) mass is 238 g/mol. The summed E-state index contributed by atoms with van der Waals surface area (Å²) in [6.45, 7) is 0. The first-order valence-electron chi connectivity index (χ1n) is 4.70. The van der Waals surface area contributed by atoms with Crippen molar-refractivity contribution in [2.45, 2.75) is 0 Å². The van der Waals surface area contributed by atoms with Gasteiger partial charge in [0.25, 0.3) is 0 Å². The molecule has 90 valence electrons. The second-order valence-electron chi connectivity index (χ2n) is 3.26. The van der Waals surface area contributed by atoms with E-state index in [4.69, 9.17) is 13.9 Å². The van der Waals surface area contributed by atoms with Gasteiger partial charge in [0.05, 0.1) is 19.6 Å². The molecule has 2 rings (SSSR count). The van der Waals surface area contributed by atoms with Crippen LogP contribution >= 0.6 is 0 Å². The number of phenols is 2. The van der Waals surface area contributed by atoms with Crippen molar-refractivity contribution >= 4 is 11.0 Å². The van der Waals surface area contributed by atoms with Crippen LogP contribution < -0.4 is 15.1 Å². The lowest BCUT2D eigenvalue weighted by molar-refractivity contribution is 0.328. The Bertz CT molecular complexity index is 628. The summed E-state index contributed by atoms with van der Waals surface area (Å²) >= 11 is 0. The molecule has 1 heterocycles. The molecular weight excluding hydrogens is 228 g/mol. The van der Waals surface area contributed by atoms with Crippen molar-refractivity contribution in [3.8, 4) is 23.0 Å². The molecule has 17 heavy (non-hydrogen) atoms. The number of methoxy groups -OCH3 is 2. The van der Waals surface area contributed by atoms with Gasteiger partial charge in [-0.2, -0.15) is 0 Å². The van der Waals surface area contributed by atoms with Crippen LogP contribution in [-0.4, -0.2) is 24.4 Å². The number of fused-ring (bicyclic) bond motifs is 1. The first kappa shape index (κ1) is 11.1. The number of rotatable bonds is 2. The molecular formula is C11H10O6. The lowest BCUT2D eigenvalue weighted by Gasteiger charge is -2.12. The Morgan fingerprint density at radius 2 is 1.65 bits per heavy atom. The van der Waals surface area contributed by atoms with Gasteiger partial charge in [0.15, 0.2) is 11.3 Å². The molecule has 0 unspecified atom stereocenters. The summed E-state index contributed by atoms with van der Waals surface area (Å²) < 4.78 is 14.8. The van der Waals surface area contributed by atoms with E-state index >= 15 is 0 Å². The Hall–Kier alpha value is -2.37. The van der Waals surface area contributed by atoms with Gasteiger partial charge in [0.2, 0.25) is 17.2 Å². The Kier molecular flexibility index (Phi) is 2.55. The number of ether oxygens (including phenoxy) is 2. The maximum atomic E-state index is 11.1. The van der Waals surface area contributed by atoms with Crippen molar-refractivity contribution in [2.75, 3.05) is 14.2 Å². The van der Waals surface area contributed by atoms with Gasteiger partial charge in [-0.05, 0) is 6.07 Å². The lowest BCUT2D eigenvalue weighted by atomic mass is 10.1. The third-order valence-corrected chi connectivity index (χ3v) is 2.35. The van der Waals surface area contributed by atoms with Crippen molar-refractivity contribution in [3.63, 3.8) is 0 Å². The van der Waals surface area contributed by atoms with E-state index in [0.29, 0.717) is 5.39 Å². The van der Waals surface area contributed by atoms with Crippen LogP contribution in [0, 0.1) is 0 Å². The number of aromatic hydroxyl groups is 2. The van der Waals surface area contributed by atoms with E-state index in [-0.39, 0.29) is 17.1 Å². The molecule has 6 nitrogen and oxygen atoms in total. The summed E-state index contributed by atoms with van der Waals surface area (Å²) in [6.07, 6.45) is 0. The van der Waals surface area contributed by atoms with Gasteiger partial charge in [-0.25, -0.2) is 4.79 Å². The Morgan fingerprint density at radius 1 is 1.06 bits per heavy atom. The van der Waals surface area contributed by atoms with E-state index in [0.717, 1.165) is 0 Å². The summed E-state index contributed by atoms with van der Waals surface area (Å²) in [5, 5.41) is 19.7. The quantitative estimate of drug-likeness (QED) is 0.604. The molecule has 6 heteroatoms. The van der Waals surface area contributed by atoms with Crippen LogP contribution in [0.5, 0.6) is 23.0 Å². The Labute approximate surface area is 95.6 Å². The summed E-state index contributed by atoms with van der Waals surface area (Å²) in [5.41, 5.74) is -0.574. The van der Waals surface area contributed by atoms with E-state index < -0.39 is 17.1 Å². The fourth-order valence-electron chi connectivity index (χ4n) is 1.61. The molecule has 0 aliphatic rings. The average molecular weight is 238 g/mol. The van der Waals surface area contributed by atoms with Crippen molar-refractivity contribution in [1.82, 2.24) is 0 Å². The fraction of sp³-hybridized carbons (Fsp3) is 0.182. The van der Waals surface area contributed by atoms with Gasteiger partial charge < -0.3 is 24.1 Å². The highest BCUT2D eigenvalue weighted by atomic mass is 16.5. The van der Waals surface area contributed by atoms with Crippen LogP contribution in [0.3, 0.4) is 0 Å². The zero-order valence-electron chi connectivity index (χ0n) is 9.18. The zero-order chi connectivity index (χ0) is 12.6. The van der Waals surface area contributed by atoms with E-state index in [1.165, 1.54) is 26.4 Å². The molecule has 0 amide bonds. The van der Waals surface area contributed by atoms with E-state index in [9.17, 15) is 15.0 Å². The molecule has 0 saturated carbocycles. The van der Waals surface area contributed by atoms with Crippen LogP contribution in [0.25, 0.3) is 11.0 Å². The van der Waals surface area contributed by atoms with Crippen LogP contribution in [0.4, 0.5) is 0 Å². The maximum Gasteiger partial charge on any atom is 0.336 e. The fourth-order valence-corrected chi connectivity index (χ4v) is 1.61. The van der Waals surface area contributed by atoms with E-state index in [1.54, 1.807) is 0 Å². The van der Waals surface area contributed by atoms with Gasteiger partial charge in [-0.1, -0.05) is 0 Å². The second kappa shape index (κ2) is 3.89. The van der Waals surface area contributed by atoms with Crippen LogP contribution in [-0.2, 0) is 0 Å². The van der Waals surface area contributed by atoms with E-state index in [1.807, 2.05) is 0 Å². The van der Waals surface area contributed by atoms with Gasteiger partial charge in [-0.15, -0.1) is 0 Å². The highest BCUT2D eigenvalue weighted by molar-refractivity contribution is 5.94. The van der Waals surface area contributed by atoms with Gasteiger partial charge >= 0.3 is 5.63 Å². The molecule has 0 atom stereocenters. The topological polar surface area (TPSA) is 89.1 Å². The van der Waals surface area contributed by atoms with Crippen molar-refractivity contribution < 1.29 is 24.1 Å². The molecule has 2 N–H and O–H groups in total. The normalized spacial score (nSPS) is 10.5. The molecule has 0 fully saturated rings. The predicted octanol–water partition coefficient (Wildman–Crippen LogP) is 1.22. The molecule has 0 saturated heterocycles. The smallest absolute Gasteiger partial charge is 0.336 e. The number of hydrogen-bond donors (Lipinski definition) is 2. The molecule has 0 aliphatic heterocycles. The minimum atomic E-state index is -0.594. The summed E-state index contributed by atoms with van der Waals surface area (Å²) in [5.74, 6) is -1.10. The Morgan fingerprint density at radius 3 is 2.24 bits per heavy atom. The molecule has 0 spiro atoms. The predicted molar refractivity (Wildman–Crippen MR) is 58.9 cm³/mol. The number of phenolic OH excluding ortho intramolecular Hbond substituents is 2. The first-order valence-corrected chi connectivity index (χ1v) is 4.70. The highest BCUT2D eigenvalue weighted by Gasteiger charge is 2.22. The molecule has 0 bridgehead atoms. The van der Waals surface area contributed by atoms with E-state index in [2.05, 4.69) is 0 Å². The summed E-state index contributed by atoms with van der Waals surface area (Å²) in [4.78, 5) is 11.1. The van der Waals surface area contributed by atoms with Crippen LogP contribution in [0.15, 0.2) is 21.3 Å². The van der Waals surface area contributed by atoms with Gasteiger partial charge in [0.1, 0.15) is 0 Å². The third kappa shape index (κ3) is 1.54. The van der Waals surface area contributed by atoms with Crippen molar-refractivity contribution in [2.24, 2.45) is 0 Å².